The summed E-state index contributed by atoms with van der Waals surface area (Å²) in [6.45, 7) is 4.30. The van der Waals surface area contributed by atoms with Gasteiger partial charge in [0, 0.05) is 48.9 Å². The largest absolute Gasteiger partial charge is 0.384 e. The normalized spacial score (nSPS) is 17.8. The van der Waals surface area contributed by atoms with Crippen LogP contribution in [0.15, 0.2) is 47.4 Å². The summed E-state index contributed by atoms with van der Waals surface area (Å²) < 4.78 is 0. The minimum atomic E-state index is -0.430. The minimum Gasteiger partial charge on any atom is -0.384 e. The van der Waals surface area contributed by atoms with Gasteiger partial charge in [-0.2, -0.15) is 0 Å². The lowest BCUT2D eigenvalue weighted by Crippen LogP contribution is -2.41. The quantitative estimate of drug-likeness (QED) is 0.526. The number of amides is 4. The topological polar surface area (TPSA) is 93.8 Å². The highest BCUT2D eigenvalue weighted by Crippen LogP contribution is 2.36. The number of thioether (sulfide) groups is 1. The van der Waals surface area contributed by atoms with E-state index in [0.29, 0.717) is 38.3 Å². The first-order valence-electron chi connectivity index (χ1n) is 12.1. The molecule has 35 heavy (non-hydrogen) atoms. The van der Waals surface area contributed by atoms with E-state index in [-0.39, 0.29) is 24.4 Å². The molecule has 0 unspecified atom stereocenters. The summed E-state index contributed by atoms with van der Waals surface area (Å²) in [5.74, 6) is 0.0265. The van der Waals surface area contributed by atoms with Crippen molar-refractivity contribution in [1.82, 2.24) is 15.1 Å². The maximum absolute atomic E-state index is 13.0. The number of likely N-dealkylation sites (tertiary alicyclic amines) is 1. The molecule has 2 heterocycles. The summed E-state index contributed by atoms with van der Waals surface area (Å²) in [5.41, 5.74) is 3.70. The number of hydrogen-bond acceptors (Lipinski definition) is 5. The molecule has 2 aliphatic heterocycles. The van der Waals surface area contributed by atoms with Crippen LogP contribution < -0.4 is 16.0 Å². The van der Waals surface area contributed by atoms with Crippen LogP contribution in [-0.2, 0) is 16.1 Å². The van der Waals surface area contributed by atoms with Crippen molar-refractivity contribution in [1.29, 1.82) is 0 Å². The molecule has 8 nitrogen and oxygen atoms in total. The van der Waals surface area contributed by atoms with Crippen molar-refractivity contribution in [2.75, 3.05) is 43.1 Å². The second kappa shape index (κ2) is 11.5. The van der Waals surface area contributed by atoms with Gasteiger partial charge in [0.1, 0.15) is 0 Å². The number of urea groups is 1. The van der Waals surface area contributed by atoms with Crippen molar-refractivity contribution < 1.29 is 14.4 Å². The van der Waals surface area contributed by atoms with Gasteiger partial charge in [-0.3, -0.25) is 9.59 Å². The molecule has 0 saturated carbocycles. The first-order chi connectivity index (χ1) is 17.0. The number of fused-ring (bicyclic) bond motifs is 1. The van der Waals surface area contributed by atoms with Gasteiger partial charge in [0.05, 0.1) is 12.6 Å². The number of rotatable bonds is 6. The molecule has 0 aromatic heterocycles. The van der Waals surface area contributed by atoms with Crippen LogP contribution in [0.3, 0.4) is 0 Å². The fraction of sp³-hybridized carbons (Fsp3) is 0.423. The lowest BCUT2D eigenvalue weighted by atomic mass is 10.0. The number of benzene rings is 2. The SMILES string of the molecule is CCN1Cc2cc(NC(=O)NCC(=O)N3CCC[C@@H]3c3ccccc3SC)ccc2NCCC1=O. The van der Waals surface area contributed by atoms with Crippen molar-refractivity contribution in [3.8, 4) is 0 Å². The van der Waals surface area contributed by atoms with Gasteiger partial charge in [0.15, 0.2) is 0 Å². The van der Waals surface area contributed by atoms with Crippen LogP contribution >= 0.6 is 11.8 Å². The van der Waals surface area contributed by atoms with E-state index in [9.17, 15) is 14.4 Å². The monoisotopic (exact) mass is 495 g/mol. The van der Waals surface area contributed by atoms with Gasteiger partial charge in [0.2, 0.25) is 11.8 Å². The van der Waals surface area contributed by atoms with E-state index < -0.39 is 6.03 Å². The van der Waals surface area contributed by atoms with Gasteiger partial charge in [-0.15, -0.1) is 11.8 Å². The number of carbonyl (C=O) groups excluding carboxylic acids is 3. The van der Waals surface area contributed by atoms with Crippen molar-refractivity contribution in [2.45, 2.75) is 43.7 Å². The van der Waals surface area contributed by atoms with Crippen LogP contribution in [0.1, 0.15) is 43.4 Å². The van der Waals surface area contributed by atoms with E-state index in [4.69, 9.17) is 0 Å². The number of anilines is 2. The average molecular weight is 496 g/mol. The smallest absolute Gasteiger partial charge is 0.319 e. The summed E-state index contributed by atoms with van der Waals surface area (Å²) in [6, 6.07) is 13.4. The third kappa shape index (κ3) is 5.90. The third-order valence-electron chi connectivity index (χ3n) is 6.58. The van der Waals surface area contributed by atoms with Gasteiger partial charge >= 0.3 is 6.03 Å². The predicted octanol–water partition coefficient (Wildman–Crippen LogP) is 4.06. The molecule has 0 radical (unpaired) electrons. The Morgan fingerprint density at radius 3 is 2.83 bits per heavy atom. The van der Waals surface area contributed by atoms with Crippen LogP contribution in [0.4, 0.5) is 16.2 Å². The summed E-state index contributed by atoms with van der Waals surface area (Å²) in [7, 11) is 0. The van der Waals surface area contributed by atoms with E-state index in [1.165, 1.54) is 10.5 Å². The van der Waals surface area contributed by atoms with E-state index in [0.717, 1.165) is 24.1 Å². The maximum Gasteiger partial charge on any atom is 0.319 e. The molecule has 0 spiro atoms. The summed E-state index contributed by atoms with van der Waals surface area (Å²) in [5, 5.41) is 8.83. The molecule has 4 rings (SSSR count). The van der Waals surface area contributed by atoms with E-state index in [1.54, 1.807) is 11.8 Å². The molecule has 9 heteroatoms. The highest BCUT2D eigenvalue weighted by molar-refractivity contribution is 7.98. The summed E-state index contributed by atoms with van der Waals surface area (Å²) in [6.07, 6.45) is 4.38. The Morgan fingerprint density at radius 2 is 2.03 bits per heavy atom. The summed E-state index contributed by atoms with van der Waals surface area (Å²) in [4.78, 5) is 42.7. The van der Waals surface area contributed by atoms with Crippen LogP contribution in [0.5, 0.6) is 0 Å². The number of hydrogen-bond donors (Lipinski definition) is 3. The lowest BCUT2D eigenvalue weighted by Gasteiger charge is -2.27. The highest BCUT2D eigenvalue weighted by atomic mass is 32.2. The Labute approximate surface area is 210 Å². The Kier molecular flexibility index (Phi) is 8.17. The molecule has 3 N–H and O–H groups in total. The van der Waals surface area contributed by atoms with Gasteiger partial charge in [-0.25, -0.2) is 4.79 Å². The van der Waals surface area contributed by atoms with Crippen molar-refractivity contribution in [2.24, 2.45) is 0 Å². The Balaban J connectivity index is 1.36. The second-order valence-corrected chi connectivity index (χ2v) is 9.60. The fourth-order valence-electron chi connectivity index (χ4n) is 4.78. The van der Waals surface area contributed by atoms with Crippen molar-refractivity contribution in [3.63, 3.8) is 0 Å². The van der Waals surface area contributed by atoms with Crippen LogP contribution in [-0.4, -0.2) is 60.1 Å². The van der Waals surface area contributed by atoms with E-state index in [2.05, 4.69) is 28.1 Å². The zero-order valence-corrected chi connectivity index (χ0v) is 21.1. The zero-order chi connectivity index (χ0) is 24.8. The zero-order valence-electron chi connectivity index (χ0n) is 20.3. The fourth-order valence-corrected chi connectivity index (χ4v) is 5.44. The highest BCUT2D eigenvalue weighted by Gasteiger charge is 2.31. The van der Waals surface area contributed by atoms with Crippen molar-refractivity contribution >= 4 is 41.0 Å². The van der Waals surface area contributed by atoms with E-state index in [1.807, 2.05) is 53.3 Å². The number of nitrogens with zero attached hydrogens (tertiary/aromatic N) is 2. The Hall–Kier alpha value is -3.20. The van der Waals surface area contributed by atoms with Gasteiger partial charge in [0.25, 0.3) is 0 Å². The summed E-state index contributed by atoms with van der Waals surface area (Å²) >= 11 is 1.69. The molecule has 1 atom stereocenters. The Bertz CT molecular complexity index is 1090. The molecule has 1 saturated heterocycles. The minimum absolute atomic E-state index is 0.0430. The third-order valence-corrected chi connectivity index (χ3v) is 7.40. The maximum atomic E-state index is 13.0. The molecule has 186 valence electrons. The Morgan fingerprint density at radius 1 is 1.20 bits per heavy atom. The molecule has 1 fully saturated rings. The molecule has 4 amide bonds. The van der Waals surface area contributed by atoms with Gasteiger partial charge in [-0.1, -0.05) is 18.2 Å². The van der Waals surface area contributed by atoms with E-state index >= 15 is 0 Å². The molecule has 2 aromatic rings. The predicted molar refractivity (Wildman–Crippen MR) is 140 cm³/mol. The molecular formula is C26H33N5O3S. The van der Waals surface area contributed by atoms with Crippen molar-refractivity contribution in [3.05, 3.63) is 53.6 Å². The molecule has 2 aromatic carbocycles. The number of carbonyl (C=O) groups is 3. The second-order valence-electron chi connectivity index (χ2n) is 8.75. The van der Waals surface area contributed by atoms with Crippen LogP contribution in [0, 0.1) is 0 Å². The number of nitrogens with one attached hydrogen (secondary N) is 3. The molecule has 0 bridgehead atoms. The standard InChI is InChI=1S/C26H33N5O3S/c1-3-30-17-18-15-19(10-11-21(18)27-13-12-24(30)32)29-26(34)28-16-25(33)31-14-6-8-22(31)20-7-4-5-9-23(20)35-2/h4-5,7,9-11,15,22,27H,3,6,8,12-14,16-17H2,1-2H3,(H2,28,29,34)/t22-/m1/s1. The average Bonchev–Trinajstić information content (AvgIpc) is 3.35. The first-order valence-corrected chi connectivity index (χ1v) is 13.3. The van der Waals surface area contributed by atoms with Crippen LogP contribution in [0.2, 0.25) is 0 Å². The molecule has 2 aliphatic rings. The molecule has 0 aliphatic carbocycles. The first kappa shape index (κ1) is 24.9. The van der Waals surface area contributed by atoms with Crippen LogP contribution in [0.25, 0.3) is 0 Å². The van der Waals surface area contributed by atoms with Gasteiger partial charge in [-0.05, 0) is 61.4 Å². The van der Waals surface area contributed by atoms with Gasteiger partial charge < -0.3 is 25.8 Å². The lowest BCUT2D eigenvalue weighted by molar-refractivity contribution is -0.132. The molecular weight excluding hydrogens is 462 g/mol.